The molecule has 1 heterocycles. The van der Waals surface area contributed by atoms with Gasteiger partial charge in [-0.15, -0.1) is 0 Å². The average Bonchev–Trinajstić information content (AvgIpc) is 2.59. The van der Waals surface area contributed by atoms with Gasteiger partial charge in [0.2, 0.25) is 0 Å². The van der Waals surface area contributed by atoms with Gasteiger partial charge in [0.05, 0.1) is 28.2 Å². The maximum atomic E-state index is 13.5. The average molecular weight is 430 g/mol. The molecule has 0 atom stereocenters. The molecule has 2 rings (SSSR count). The molecular formula is C18H21F3N4O3S. The first kappa shape index (κ1) is 22.5. The molecule has 158 valence electrons. The Morgan fingerprint density at radius 1 is 1.21 bits per heavy atom. The maximum Gasteiger partial charge on any atom is 0.418 e. The van der Waals surface area contributed by atoms with E-state index < -0.39 is 27.5 Å². The Hall–Kier alpha value is -2.79. The lowest BCUT2D eigenvalue weighted by molar-refractivity contribution is -0.137. The van der Waals surface area contributed by atoms with Crippen LogP contribution in [-0.2, 0) is 23.4 Å². The molecule has 0 amide bonds. The molecule has 2 aromatic rings. The zero-order valence-electron chi connectivity index (χ0n) is 16.3. The van der Waals surface area contributed by atoms with E-state index in [1.165, 1.54) is 46.4 Å². The molecule has 2 N–H and O–H groups in total. The van der Waals surface area contributed by atoms with Gasteiger partial charge in [0.15, 0.2) is 0 Å². The summed E-state index contributed by atoms with van der Waals surface area (Å²) in [5.41, 5.74) is -1.77. The summed E-state index contributed by atoms with van der Waals surface area (Å²) >= 11 is 0. The van der Waals surface area contributed by atoms with Crippen molar-refractivity contribution >= 4 is 33.3 Å². The number of halogens is 3. The molecule has 11 heteroatoms. The number of anilines is 3. The number of pyridine rings is 1. The van der Waals surface area contributed by atoms with Crippen LogP contribution in [0.4, 0.5) is 30.2 Å². The third kappa shape index (κ3) is 4.80. The Labute approximate surface area is 166 Å². The molecule has 0 fully saturated rings. The second-order valence-corrected chi connectivity index (χ2v) is 8.40. The van der Waals surface area contributed by atoms with Gasteiger partial charge in [0.25, 0.3) is 5.56 Å². The van der Waals surface area contributed by atoms with Gasteiger partial charge in [-0.1, -0.05) is 24.3 Å². The quantitative estimate of drug-likeness (QED) is 0.737. The molecule has 0 bridgehead atoms. The van der Waals surface area contributed by atoms with E-state index >= 15 is 0 Å². The predicted octanol–water partition coefficient (Wildman–Crippen LogP) is 3.32. The number of hydrogen-bond donors (Lipinski definition) is 2. The Morgan fingerprint density at radius 2 is 1.83 bits per heavy atom. The van der Waals surface area contributed by atoms with Gasteiger partial charge in [-0.05, 0) is 19.1 Å². The van der Waals surface area contributed by atoms with Crippen molar-refractivity contribution in [2.75, 3.05) is 24.1 Å². The summed E-state index contributed by atoms with van der Waals surface area (Å²) in [6.45, 7) is 5.05. The van der Waals surface area contributed by atoms with E-state index in [4.69, 9.17) is 0 Å². The first-order chi connectivity index (χ1) is 13.3. The van der Waals surface area contributed by atoms with Crippen molar-refractivity contribution in [2.45, 2.75) is 13.1 Å². The van der Waals surface area contributed by atoms with E-state index in [-0.39, 0.29) is 22.6 Å². The Morgan fingerprint density at radius 3 is 2.34 bits per heavy atom. The maximum absolute atomic E-state index is 13.5. The molecule has 29 heavy (non-hydrogen) atoms. The van der Waals surface area contributed by atoms with Crippen LogP contribution in [0.15, 0.2) is 35.8 Å². The van der Waals surface area contributed by atoms with Gasteiger partial charge >= 0.3 is 16.4 Å². The normalized spacial score (nSPS) is 12.1. The highest BCUT2D eigenvalue weighted by Gasteiger charge is 2.34. The van der Waals surface area contributed by atoms with Crippen molar-refractivity contribution in [3.05, 3.63) is 58.0 Å². The van der Waals surface area contributed by atoms with Gasteiger partial charge in [0.1, 0.15) is 0 Å². The molecule has 0 saturated heterocycles. The summed E-state index contributed by atoms with van der Waals surface area (Å²) in [6.07, 6.45) is -2.33. The summed E-state index contributed by atoms with van der Waals surface area (Å²) in [5.74, 6) is 0. The highest BCUT2D eigenvalue weighted by Crippen LogP contribution is 2.38. The lowest BCUT2D eigenvalue weighted by Crippen LogP contribution is -2.30. The minimum atomic E-state index is -4.66. The SMILES string of the molecule is C=Cc1c(Nc2ccc(C)cc2C(F)(F)F)c(NS(=O)(=O)N(C)C)cn(C)c1=O. The van der Waals surface area contributed by atoms with Crippen LogP contribution in [-0.4, -0.2) is 31.4 Å². The topological polar surface area (TPSA) is 83.4 Å². The van der Waals surface area contributed by atoms with Crippen molar-refractivity contribution in [2.24, 2.45) is 7.05 Å². The minimum absolute atomic E-state index is 0.0832. The first-order valence-corrected chi connectivity index (χ1v) is 9.73. The van der Waals surface area contributed by atoms with Crippen LogP contribution in [0.25, 0.3) is 6.08 Å². The summed E-state index contributed by atoms with van der Waals surface area (Å²) in [5, 5.41) is 2.57. The molecule has 0 unspecified atom stereocenters. The van der Waals surface area contributed by atoms with Crippen molar-refractivity contribution in [1.82, 2.24) is 8.87 Å². The highest BCUT2D eigenvalue weighted by atomic mass is 32.2. The third-order valence-corrected chi connectivity index (χ3v) is 5.52. The van der Waals surface area contributed by atoms with Gasteiger partial charge in [0, 0.05) is 27.3 Å². The smallest absolute Gasteiger partial charge is 0.353 e. The van der Waals surface area contributed by atoms with Gasteiger partial charge in [-0.25, -0.2) is 0 Å². The van der Waals surface area contributed by atoms with Crippen LogP contribution in [0.5, 0.6) is 0 Å². The molecule has 0 aliphatic carbocycles. The van der Waals surface area contributed by atoms with Crippen molar-refractivity contribution in [3.63, 3.8) is 0 Å². The zero-order chi connectivity index (χ0) is 22.1. The van der Waals surface area contributed by atoms with Crippen molar-refractivity contribution in [1.29, 1.82) is 0 Å². The Kier molecular flexibility index (Phi) is 6.14. The predicted molar refractivity (Wildman–Crippen MR) is 107 cm³/mol. The number of aryl methyl sites for hydroxylation is 2. The van der Waals surface area contributed by atoms with E-state index in [2.05, 4.69) is 16.6 Å². The molecule has 0 aliphatic rings. The Balaban J connectivity index is 2.74. The fraction of sp³-hybridized carbons (Fsp3) is 0.278. The number of alkyl halides is 3. The fourth-order valence-electron chi connectivity index (χ4n) is 2.53. The van der Waals surface area contributed by atoms with Crippen LogP contribution in [0.3, 0.4) is 0 Å². The second kappa shape index (κ2) is 7.91. The second-order valence-electron chi connectivity index (χ2n) is 6.51. The van der Waals surface area contributed by atoms with Crippen LogP contribution in [0.1, 0.15) is 16.7 Å². The summed E-state index contributed by atoms with van der Waals surface area (Å²) in [4.78, 5) is 12.4. The molecule has 7 nitrogen and oxygen atoms in total. The number of hydrogen-bond acceptors (Lipinski definition) is 4. The monoisotopic (exact) mass is 430 g/mol. The molecule has 0 radical (unpaired) electrons. The number of nitrogens with one attached hydrogen (secondary N) is 2. The Bertz CT molecular complexity index is 1110. The fourth-order valence-corrected chi connectivity index (χ4v) is 3.14. The van der Waals surface area contributed by atoms with Crippen LogP contribution in [0.2, 0.25) is 0 Å². The van der Waals surface area contributed by atoms with E-state index in [1.807, 2.05) is 0 Å². The van der Waals surface area contributed by atoms with E-state index in [0.717, 1.165) is 21.0 Å². The molecule has 0 aliphatic heterocycles. The zero-order valence-corrected chi connectivity index (χ0v) is 17.1. The van der Waals surface area contributed by atoms with Crippen molar-refractivity contribution in [3.8, 4) is 0 Å². The van der Waals surface area contributed by atoms with Gasteiger partial charge < -0.3 is 9.88 Å². The number of nitrogens with zero attached hydrogens (tertiary/aromatic N) is 2. The number of aromatic nitrogens is 1. The van der Waals surface area contributed by atoms with Gasteiger partial charge in [-0.2, -0.15) is 25.9 Å². The minimum Gasteiger partial charge on any atom is -0.353 e. The third-order valence-electron chi connectivity index (χ3n) is 4.08. The summed E-state index contributed by atoms with van der Waals surface area (Å²) in [7, 11) is -0.0354. The standard InChI is InChI=1S/C18H21F3N4O3S/c1-6-12-16(22-14-8-7-11(2)9-13(14)18(19,20)21)15(10-25(5)17(12)26)23-29(27,28)24(3)4/h6-10,22-23H,1H2,2-5H3. The molecule has 1 aromatic heterocycles. The van der Waals surface area contributed by atoms with E-state index in [1.54, 1.807) is 0 Å². The largest absolute Gasteiger partial charge is 0.418 e. The highest BCUT2D eigenvalue weighted by molar-refractivity contribution is 7.90. The van der Waals surface area contributed by atoms with Crippen LogP contribution < -0.4 is 15.6 Å². The van der Waals surface area contributed by atoms with Crippen LogP contribution in [0, 0.1) is 6.92 Å². The van der Waals surface area contributed by atoms with Crippen LogP contribution >= 0.6 is 0 Å². The lowest BCUT2D eigenvalue weighted by Gasteiger charge is -2.21. The summed E-state index contributed by atoms with van der Waals surface area (Å²) in [6, 6.07) is 3.64. The molecule has 0 saturated carbocycles. The van der Waals surface area contributed by atoms with E-state index in [9.17, 15) is 26.4 Å². The summed E-state index contributed by atoms with van der Waals surface area (Å²) < 4.78 is 69.3. The molecule has 1 aromatic carbocycles. The number of benzene rings is 1. The molecule has 0 spiro atoms. The van der Waals surface area contributed by atoms with E-state index in [0.29, 0.717) is 5.56 Å². The number of rotatable bonds is 6. The molecular weight excluding hydrogens is 409 g/mol. The van der Waals surface area contributed by atoms with Crippen molar-refractivity contribution < 1.29 is 21.6 Å². The lowest BCUT2D eigenvalue weighted by atomic mass is 10.1. The first-order valence-electron chi connectivity index (χ1n) is 8.29. The van der Waals surface area contributed by atoms with Gasteiger partial charge in [-0.3, -0.25) is 9.52 Å².